The summed E-state index contributed by atoms with van der Waals surface area (Å²) in [7, 11) is 0. The third-order valence-electron chi connectivity index (χ3n) is 2.17. The van der Waals surface area contributed by atoms with Crippen molar-refractivity contribution in [1.82, 2.24) is 4.98 Å². The van der Waals surface area contributed by atoms with E-state index in [1.165, 1.54) is 4.90 Å². The minimum atomic E-state index is -0.599. The lowest BCUT2D eigenvalue weighted by Crippen LogP contribution is -2.40. The van der Waals surface area contributed by atoms with Gasteiger partial charge in [0.15, 0.2) is 0 Å². The maximum atomic E-state index is 11.0. The molecule has 1 aromatic rings. The number of carbonyl (C=O) groups is 2. The topological polar surface area (TPSA) is 138 Å². The van der Waals surface area contributed by atoms with Gasteiger partial charge in [0.2, 0.25) is 17.7 Å². The van der Waals surface area contributed by atoms with Crippen molar-refractivity contribution in [3.8, 4) is 5.88 Å². The van der Waals surface area contributed by atoms with E-state index in [0.717, 1.165) is 0 Å². The van der Waals surface area contributed by atoms with Crippen molar-refractivity contribution in [1.29, 1.82) is 0 Å². The maximum Gasteiger partial charge on any atom is 0.239 e. The van der Waals surface area contributed by atoms with Crippen LogP contribution in [0.25, 0.3) is 0 Å². The normalized spacial score (nSPS) is 9.95. The number of carbonyl (C=O) groups excluding carboxylic acids is 2. The summed E-state index contributed by atoms with van der Waals surface area (Å²) in [6.45, 7) is 1.83. The van der Waals surface area contributed by atoms with Crippen LogP contribution in [0.2, 0.25) is 0 Å². The Balaban J connectivity index is 3.03. The van der Waals surface area contributed by atoms with Gasteiger partial charge in [0, 0.05) is 0 Å². The summed E-state index contributed by atoms with van der Waals surface area (Å²) in [4.78, 5) is 27.5. The van der Waals surface area contributed by atoms with Crippen LogP contribution in [0.15, 0.2) is 12.1 Å². The quantitative estimate of drug-likeness (QED) is 0.569. The largest absolute Gasteiger partial charge is 0.476 e. The van der Waals surface area contributed by atoms with E-state index in [0.29, 0.717) is 18.1 Å². The van der Waals surface area contributed by atoms with Crippen molar-refractivity contribution >= 4 is 23.3 Å². The van der Waals surface area contributed by atoms with Crippen molar-refractivity contribution in [2.45, 2.75) is 6.92 Å². The molecule has 1 heterocycles. The van der Waals surface area contributed by atoms with Crippen molar-refractivity contribution in [3.63, 3.8) is 0 Å². The molecular formula is C11H17N5O3. The monoisotopic (exact) mass is 267 g/mol. The highest BCUT2D eigenvalue weighted by Crippen LogP contribution is 2.22. The molecule has 0 saturated carbocycles. The first kappa shape index (κ1) is 14.6. The van der Waals surface area contributed by atoms with Crippen LogP contribution in [0.3, 0.4) is 0 Å². The second-order valence-electron chi connectivity index (χ2n) is 3.79. The van der Waals surface area contributed by atoms with Gasteiger partial charge in [-0.15, -0.1) is 0 Å². The molecule has 19 heavy (non-hydrogen) atoms. The minimum absolute atomic E-state index is 0.175. The van der Waals surface area contributed by atoms with Crippen LogP contribution in [-0.2, 0) is 9.59 Å². The molecule has 0 aliphatic heterocycles. The average molecular weight is 267 g/mol. The van der Waals surface area contributed by atoms with Gasteiger partial charge < -0.3 is 26.8 Å². The van der Waals surface area contributed by atoms with Crippen molar-refractivity contribution in [3.05, 3.63) is 12.1 Å². The van der Waals surface area contributed by atoms with Crippen LogP contribution in [-0.4, -0.2) is 36.5 Å². The molecule has 0 spiro atoms. The number of primary amides is 2. The molecule has 1 aromatic heterocycles. The fraction of sp³-hybridized carbons (Fsp3) is 0.364. The van der Waals surface area contributed by atoms with Crippen LogP contribution in [0.5, 0.6) is 5.88 Å². The number of ether oxygens (including phenoxy) is 1. The molecule has 0 saturated heterocycles. The Morgan fingerprint density at radius 3 is 2.32 bits per heavy atom. The molecule has 8 heteroatoms. The Labute approximate surface area is 110 Å². The number of amides is 2. The molecule has 2 amide bonds. The Morgan fingerprint density at radius 2 is 1.84 bits per heavy atom. The Morgan fingerprint density at radius 1 is 1.26 bits per heavy atom. The number of pyridine rings is 1. The molecule has 0 fully saturated rings. The lowest BCUT2D eigenvalue weighted by Gasteiger charge is -2.21. The molecule has 0 unspecified atom stereocenters. The first-order valence-electron chi connectivity index (χ1n) is 5.65. The van der Waals surface area contributed by atoms with Gasteiger partial charge in [0.05, 0.1) is 25.4 Å². The summed E-state index contributed by atoms with van der Waals surface area (Å²) < 4.78 is 5.24. The SMILES string of the molecule is CCOc1nc(N(CC(N)=O)CC(N)=O)ccc1N. The van der Waals surface area contributed by atoms with Crippen molar-refractivity contribution < 1.29 is 14.3 Å². The number of anilines is 2. The number of nitrogens with zero attached hydrogens (tertiary/aromatic N) is 2. The van der Waals surface area contributed by atoms with Gasteiger partial charge in [-0.3, -0.25) is 9.59 Å². The number of hydrogen-bond donors (Lipinski definition) is 3. The summed E-state index contributed by atoms with van der Waals surface area (Å²) in [5.74, 6) is -0.620. The number of rotatable bonds is 7. The predicted octanol–water partition coefficient (Wildman–Crippen LogP) is -1.16. The fourth-order valence-corrected chi connectivity index (χ4v) is 1.46. The molecule has 0 atom stereocenters. The molecule has 6 N–H and O–H groups in total. The molecule has 0 aliphatic carbocycles. The molecule has 8 nitrogen and oxygen atoms in total. The molecule has 0 radical (unpaired) electrons. The first-order chi connectivity index (χ1) is 8.93. The molecular weight excluding hydrogens is 250 g/mol. The van der Waals surface area contributed by atoms with Crippen LogP contribution < -0.4 is 26.8 Å². The first-order valence-corrected chi connectivity index (χ1v) is 5.65. The van der Waals surface area contributed by atoms with Crippen LogP contribution in [0.1, 0.15) is 6.92 Å². The van der Waals surface area contributed by atoms with Gasteiger partial charge in [-0.25, -0.2) is 0 Å². The summed E-state index contributed by atoms with van der Waals surface area (Å²) in [5.41, 5.74) is 16.3. The van der Waals surface area contributed by atoms with Gasteiger partial charge in [-0.2, -0.15) is 4.98 Å². The number of nitrogens with two attached hydrogens (primary N) is 3. The predicted molar refractivity (Wildman–Crippen MR) is 70.4 cm³/mol. The maximum absolute atomic E-state index is 11.0. The molecule has 0 aliphatic rings. The van der Waals surface area contributed by atoms with E-state index in [2.05, 4.69) is 4.98 Å². The highest BCUT2D eigenvalue weighted by molar-refractivity contribution is 5.84. The van der Waals surface area contributed by atoms with Gasteiger partial charge in [0.25, 0.3) is 0 Å². The van der Waals surface area contributed by atoms with Crippen LogP contribution >= 0.6 is 0 Å². The smallest absolute Gasteiger partial charge is 0.239 e. The van der Waals surface area contributed by atoms with Crippen molar-refractivity contribution in [2.75, 3.05) is 30.3 Å². The highest BCUT2D eigenvalue weighted by Gasteiger charge is 2.15. The van der Waals surface area contributed by atoms with Gasteiger partial charge >= 0.3 is 0 Å². The van der Waals surface area contributed by atoms with E-state index >= 15 is 0 Å². The Bertz CT molecular complexity index is 461. The standard InChI is InChI=1S/C11H17N5O3/c1-2-19-11-7(12)3-4-10(15-11)16(5-8(13)17)6-9(14)18/h3-4H,2,5-6,12H2,1H3,(H2,13,17)(H2,14,18). The summed E-state index contributed by atoms with van der Waals surface area (Å²) in [6.07, 6.45) is 0. The summed E-state index contributed by atoms with van der Waals surface area (Å²) in [6, 6.07) is 3.13. The molecule has 0 aromatic carbocycles. The van der Waals surface area contributed by atoms with E-state index in [9.17, 15) is 9.59 Å². The van der Waals surface area contributed by atoms with Gasteiger partial charge in [-0.05, 0) is 19.1 Å². The minimum Gasteiger partial charge on any atom is -0.476 e. The number of aromatic nitrogens is 1. The van der Waals surface area contributed by atoms with Gasteiger partial charge in [-0.1, -0.05) is 0 Å². The third kappa shape index (κ3) is 4.34. The lowest BCUT2D eigenvalue weighted by molar-refractivity contribution is -0.117. The average Bonchev–Trinajstić information content (AvgIpc) is 2.30. The number of nitrogen functional groups attached to an aromatic ring is 1. The molecule has 0 bridgehead atoms. The fourth-order valence-electron chi connectivity index (χ4n) is 1.46. The molecule has 1 rings (SSSR count). The van der Waals surface area contributed by atoms with Crippen LogP contribution in [0.4, 0.5) is 11.5 Å². The zero-order valence-corrected chi connectivity index (χ0v) is 10.6. The Hall–Kier alpha value is -2.51. The van der Waals surface area contributed by atoms with E-state index in [4.69, 9.17) is 21.9 Å². The van der Waals surface area contributed by atoms with Gasteiger partial charge in [0.1, 0.15) is 5.82 Å². The third-order valence-corrected chi connectivity index (χ3v) is 2.17. The van der Waals surface area contributed by atoms with E-state index in [-0.39, 0.29) is 19.0 Å². The zero-order valence-electron chi connectivity index (χ0n) is 10.6. The highest BCUT2D eigenvalue weighted by atomic mass is 16.5. The van der Waals surface area contributed by atoms with E-state index in [1.54, 1.807) is 19.1 Å². The molecule has 104 valence electrons. The van der Waals surface area contributed by atoms with E-state index in [1.807, 2.05) is 0 Å². The summed E-state index contributed by atoms with van der Waals surface area (Å²) >= 11 is 0. The summed E-state index contributed by atoms with van der Waals surface area (Å²) in [5, 5.41) is 0. The van der Waals surface area contributed by atoms with E-state index < -0.39 is 11.8 Å². The van der Waals surface area contributed by atoms with Crippen molar-refractivity contribution in [2.24, 2.45) is 11.5 Å². The second-order valence-corrected chi connectivity index (χ2v) is 3.79. The second kappa shape index (κ2) is 6.43. The van der Waals surface area contributed by atoms with Crippen LogP contribution in [0, 0.1) is 0 Å². The zero-order chi connectivity index (χ0) is 14.4. The Kier molecular flexibility index (Phi) is 4.92. The number of hydrogen-bond acceptors (Lipinski definition) is 6. The lowest BCUT2D eigenvalue weighted by atomic mass is 10.3.